The van der Waals surface area contributed by atoms with Gasteiger partial charge in [0.25, 0.3) is 0 Å². The molecule has 0 amide bonds. The zero-order chi connectivity index (χ0) is 13.2. The lowest BCUT2D eigenvalue weighted by Gasteiger charge is -2.44. The summed E-state index contributed by atoms with van der Waals surface area (Å²) in [5.41, 5.74) is 6.17. The second-order valence-corrected chi connectivity index (χ2v) is 6.01. The third-order valence-electron chi connectivity index (χ3n) is 4.43. The van der Waals surface area contributed by atoms with Crippen LogP contribution in [0.25, 0.3) is 0 Å². The molecule has 3 rings (SSSR count). The Morgan fingerprint density at radius 3 is 2.68 bits per heavy atom. The van der Waals surface area contributed by atoms with Gasteiger partial charge in [0.1, 0.15) is 16.5 Å². The Hall–Kier alpha value is -1.23. The monoisotopic (exact) mass is 276 g/mol. The number of thiocarbonyl (C=S) groups is 1. The lowest BCUT2D eigenvalue weighted by atomic mass is 9.78. The SMILES string of the molecule is NC(=S)c1cnc(N2CCC[C@H]3CCCC[C@H]32)cn1. The molecule has 1 saturated heterocycles. The predicted octanol–water partition coefficient (Wildman–Crippen LogP) is 2.27. The number of fused-ring (bicyclic) bond motifs is 1. The van der Waals surface area contributed by atoms with E-state index in [0.717, 1.165) is 18.3 Å². The van der Waals surface area contributed by atoms with E-state index in [2.05, 4.69) is 14.9 Å². The molecule has 0 unspecified atom stereocenters. The smallest absolute Gasteiger partial charge is 0.147 e. The van der Waals surface area contributed by atoms with Crippen LogP contribution in [0, 0.1) is 5.92 Å². The molecule has 2 aliphatic rings. The number of anilines is 1. The van der Waals surface area contributed by atoms with E-state index in [4.69, 9.17) is 18.0 Å². The number of hydrogen-bond acceptors (Lipinski definition) is 4. The normalized spacial score (nSPS) is 26.8. The summed E-state index contributed by atoms with van der Waals surface area (Å²) in [6.07, 6.45) is 11.6. The molecule has 102 valence electrons. The van der Waals surface area contributed by atoms with Crippen LogP contribution in [0.2, 0.25) is 0 Å². The molecular weight excluding hydrogens is 256 g/mol. The third-order valence-corrected chi connectivity index (χ3v) is 4.64. The first-order valence-electron chi connectivity index (χ1n) is 7.14. The van der Waals surface area contributed by atoms with Crippen molar-refractivity contribution in [3.8, 4) is 0 Å². The van der Waals surface area contributed by atoms with E-state index < -0.39 is 0 Å². The lowest BCUT2D eigenvalue weighted by Crippen LogP contribution is -2.47. The summed E-state index contributed by atoms with van der Waals surface area (Å²) < 4.78 is 0. The van der Waals surface area contributed by atoms with Gasteiger partial charge in [0, 0.05) is 12.6 Å². The number of nitrogens with two attached hydrogens (primary N) is 1. The van der Waals surface area contributed by atoms with Crippen LogP contribution < -0.4 is 10.6 Å². The van der Waals surface area contributed by atoms with Crippen LogP contribution in [-0.2, 0) is 0 Å². The molecule has 4 nitrogen and oxygen atoms in total. The third kappa shape index (κ3) is 2.56. The number of hydrogen-bond donors (Lipinski definition) is 1. The highest BCUT2D eigenvalue weighted by Crippen LogP contribution is 2.36. The highest BCUT2D eigenvalue weighted by Gasteiger charge is 2.33. The maximum absolute atomic E-state index is 5.56. The van der Waals surface area contributed by atoms with E-state index in [9.17, 15) is 0 Å². The molecule has 2 fully saturated rings. The quantitative estimate of drug-likeness (QED) is 0.840. The summed E-state index contributed by atoms with van der Waals surface area (Å²) in [6, 6.07) is 0.660. The molecule has 1 aliphatic carbocycles. The molecule has 2 heterocycles. The Bertz CT molecular complexity index is 457. The molecule has 2 N–H and O–H groups in total. The van der Waals surface area contributed by atoms with Gasteiger partial charge in [0.2, 0.25) is 0 Å². The van der Waals surface area contributed by atoms with Gasteiger partial charge in [-0.05, 0) is 31.6 Å². The van der Waals surface area contributed by atoms with Gasteiger partial charge in [0.15, 0.2) is 0 Å². The molecule has 1 aromatic heterocycles. The lowest BCUT2D eigenvalue weighted by molar-refractivity contribution is 0.242. The molecule has 0 spiro atoms. The van der Waals surface area contributed by atoms with Crippen LogP contribution >= 0.6 is 12.2 Å². The second-order valence-electron chi connectivity index (χ2n) is 5.57. The Kier molecular flexibility index (Phi) is 3.64. The Labute approximate surface area is 119 Å². The summed E-state index contributed by atoms with van der Waals surface area (Å²) in [6.45, 7) is 1.10. The van der Waals surface area contributed by atoms with Crippen molar-refractivity contribution in [3.05, 3.63) is 18.1 Å². The zero-order valence-electron chi connectivity index (χ0n) is 11.1. The van der Waals surface area contributed by atoms with Gasteiger partial charge in [-0.15, -0.1) is 0 Å². The van der Waals surface area contributed by atoms with Crippen molar-refractivity contribution >= 4 is 23.0 Å². The molecule has 0 aromatic carbocycles. The van der Waals surface area contributed by atoms with Crippen LogP contribution in [0.15, 0.2) is 12.4 Å². The number of piperidine rings is 1. The van der Waals surface area contributed by atoms with Gasteiger partial charge in [-0.3, -0.25) is 0 Å². The molecule has 1 saturated carbocycles. The number of aromatic nitrogens is 2. The fourth-order valence-corrected chi connectivity index (χ4v) is 3.61. The van der Waals surface area contributed by atoms with Crippen molar-refractivity contribution in [1.29, 1.82) is 0 Å². The second kappa shape index (κ2) is 5.41. The Balaban J connectivity index is 1.81. The van der Waals surface area contributed by atoms with Crippen molar-refractivity contribution in [1.82, 2.24) is 9.97 Å². The van der Waals surface area contributed by atoms with E-state index in [1.165, 1.54) is 38.5 Å². The maximum Gasteiger partial charge on any atom is 0.147 e. The van der Waals surface area contributed by atoms with Crippen LogP contribution in [0.5, 0.6) is 0 Å². The van der Waals surface area contributed by atoms with Crippen molar-refractivity contribution in [2.24, 2.45) is 11.7 Å². The van der Waals surface area contributed by atoms with Gasteiger partial charge < -0.3 is 10.6 Å². The first-order chi connectivity index (χ1) is 9.25. The standard InChI is InChI=1S/C14H20N4S/c15-14(19)11-8-17-13(9-16-11)18-7-3-5-10-4-1-2-6-12(10)18/h8-10,12H,1-7H2,(H2,15,19)/t10-,12-/m1/s1. The van der Waals surface area contributed by atoms with Crippen molar-refractivity contribution in [2.45, 2.75) is 44.6 Å². The Morgan fingerprint density at radius 2 is 1.95 bits per heavy atom. The molecule has 1 aliphatic heterocycles. The minimum absolute atomic E-state index is 0.313. The zero-order valence-corrected chi connectivity index (χ0v) is 11.9. The minimum atomic E-state index is 0.313. The van der Waals surface area contributed by atoms with Crippen molar-refractivity contribution in [2.75, 3.05) is 11.4 Å². The number of nitrogens with zero attached hydrogens (tertiary/aromatic N) is 3. The van der Waals surface area contributed by atoms with Crippen LogP contribution in [0.1, 0.15) is 44.2 Å². The fraction of sp³-hybridized carbons (Fsp3) is 0.643. The molecule has 0 radical (unpaired) electrons. The van der Waals surface area contributed by atoms with Gasteiger partial charge >= 0.3 is 0 Å². The predicted molar refractivity (Wildman–Crippen MR) is 80.2 cm³/mol. The fourth-order valence-electron chi connectivity index (χ4n) is 3.51. The maximum atomic E-state index is 5.56. The van der Waals surface area contributed by atoms with Crippen molar-refractivity contribution < 1.29 is 0 Å². The highest BCUT2D eigenvalue weighted by atomic mass is 32.1. The summed E-state index contributed by atoms with van der Waals surface area (Å²) in [5.74, 6) is 1.83. The summed E-state index contributed by atoms with van der Waals surface area (Å²) in [7, 11) is 0. The van der Waals surface area contributed by atoms with E-state index in [-0.39, 0.29) is 0 Å². The van der Waals surface area contributed by atoms with Gasteiger partial charge in [-0.1, -0.05) is 25.1 Å². The number of rotatable bonds is 2. The molecule has 5 heteroatoms. The van der Waals surface area contributed by atoms with E-state index in [1.54, 1.807) is 6.20 Å². The summed E-state index contributed by atoms with van der Waals surface area (Å²) in [5, 5.41) is 0. The highest BCUT2D eigenvalue weighted by molar-refractivity contribution is 7.80. The Morgan fingerprint density at radius 1 is 1.16 bits per heavy atom. The topological polar surface area (TPSA) is 55.0 Å². The molecule has 0 bridgehead atoms. The molecular formula is C14H20N4S. The van der Waals surface area contributed by atoms with Crippen molar-refractivity contribution in [3.63, 3.8) is 0 Å². The van der Waals surface area contributed by atoms with Gasteiger partial charge in [-0.25, -0.2) is 9.97 Å². The van der Waals surface area contributed by atoms with E-state index >= 15 is 0 Å². The summed E-state index contributed by atoms with van der Waals surface area (Å²) in [4.78, 5) is 11.6. The van der Waals surface area contributed by atoms with Gasteiger partial charge in [-0.2, -0.15) is 0 Å². The average molecular weight is 276 g/mol. The average Bonchev–Trinajstić information content (AvgIpc) is 2.47. The largest absolute Gasteiger partial charge is 0.388 e. The van der Waals surface area contributed by atoms with Crippen LogP contribution in [-0.4, -0.2) is 27.5 Å². The summed E-state index contributed by atoms with van der Waals surface area (Å²) >= 11 is 4.92. The van der Waals surface area contributed by atoms with E-state index in [0.29, 0.717) is 16.7 Å². The first kappa shape index (κ1) is 12.8. The molecule has 19 heavy (non-hydrogen) atoms. The first-order valence-corrected chi connectivity index (χ1v) is 7.55. The van der Waals surface area contributed by atoms with Crippen LogP contribution in [0.3, 0.4) is 0 Å². The molecule has 2 atom stereocenters. The molecule has 1 aromatic rings. The van der Waals surface area contributed by atoms with E-state index in [1.807, 2.05) is 6.20 Å². The van der Waals surface area contributed by atoms with Gasteiger partial charge in [0.05, 0.1) is 12.4 Å². The minimum Gasteiger partial charge on any atom is -0.388 e. The van der Waals surface area contributed by atoms with Crippen LogP contribution in [0.4, 0.5) is 5.82 Å².